The van der Waals surface area contributed by atoms with Crippen molar-refractivity contribution in [2.45, 2.75) is 6.54 Å². The minimum Gasteiger partial charge on any atom is -0.354 e. The van der Waals surface area contributed by atoms with E-state index in [1.54, 1.807) is 11.6 Å². The summed E-state index contributed by atoms with van der Waals surface area (Å²) in [5.74, 6) is -0.172. The molecular weight excluding hydrogens is 474 g/mol. The van der Waals surface area contributed by atoms with Crippen molar-refractivity contribution in [2.75, 3.05) is 0 Å². The highest BCUT2D eigenvalue weighted by molar-refractivity contribution is 9.10. The molecule has 0 aliphatic heterocycles. The molecule has 0 atom stereocenters. The van der Waals surface area contributed by atoms with Crippen molar-refractivity contribution < 1.29 is 4.79 Å². The third kappa shape index (κ3) is 2.96. The van der Waals surface area contributed by atoms with Crippen molar-refractivity contribution >= 4 is 43.8 Å². The van der Waals surface area contributed by atoms with Crippen LogP contribution in [0.5, 0.6) is 0 Å². The number of aryl methyl sites for hydroxylation is 1. The highest BCUT2D eigenvalue weighted by Gasteiger charge is 2.24. The summed E-state index contributed by atoms with van der Waals surface area (Å²) in [6.45, 7) is -0.0980. The van der Waals surface area contributed by atoms with Crippen molar-refractivity contribution in [3.8, 4) is 11.3 Å². The number of rotatable bonds is 4. The summed E-state index contributed by atoms with van der Waals surface area (Å²) in [4.78, 5) is 46.3. The molecule has 0 unspecified atom stereocenters. The van der Waals surface area contributed by atoms with Crippen LogP contribution < -0.4 is 11.2 Å². The molecule has 0 saturated heterocycles. The summed E-state index contributed by atoms with van der Waals surface area (Å²) in [5, 5.41) is 0.807. The van der Waals surface area contributed by atoms with Crippen LogP contribution in [0.1, 0.15) is 10.4 Å². The van der Waals surface area contributed by atoms with Gasteiger partial charge in [-0.1, -0.05) is 48.5 Å². The third-order valence-electron chi connectivity index (χ3n) is 5.64. The Bertz CT molecular complexity index is 1640. The fourth-order valence-electron chi connectivity index (χ4n) is 4.08. The molecule has 160 valence electrons. The van der Waals surface area contributed by atoms with Gasteiger partial charge in [0.1, 0.15) is 0 Å². The van der Waals surface area contributed by atoms with E-state index in [1.807, 2.05) is 54.6 Å². The van der Waals surface area contributed by atoms with Crippen LogP contribution in [0.2, 0.25) is 0 Å². The first-order chi connectivity index (χ1) is 15.4. The summed E-state index contributed by atoms with van der Waals surface area (Å²) >= 11 is 3.36. The maximum Gasteiger partial charge on any atom is 0.332 e. The van der Waals surface area contributed by atoms with E-state index < -0.39 is 11.2 Å². The van der Waals surface area contributed by atoms with Crippen molar-refractivity contribution in [3.63, 3.8) is 0 Å². The van der Waals surface area contributed by atoms with Gasteiger partial charge in [-0.05, 0) is 27.6 Å². The molecule has 0 saturated carbocycles. The largest absolute Gasteiger partial charge is 0.354 e. The Labute approximate surface area is 189 Å². The van der Waals surface area contributed by atoms with Crippen LogP contribution in [0, 0.1) is 0 Å². The minimum atomic E-state index is -0.507. The van der Waals surface area contributed by atoms with E-state index in [9.17, 15) is 14.4 Å². The maximum absolute atomic E-state index is 13.7. The fourth-order valence-corrected chi connectivity index (χ4v) is 4.55. The Balaban J connectivity index is 1.71. The van der Waals surface area contributed by atoms with E-state index in [-0.39, 0.29) is 17.8 Å². The van der Waals surface area contributed by atoms with Gasteiger partial charge in [0.2, 0.25) is 0 Å². The van der Waals surface area contributed by atoms with E-state index >= 15 is 0 Å². The SMILES string of the molecule is Cn1c(=O)c2nc(Br)n(CC(=O)c3c(-c4ccccc4)[nH]c4ccccc34)c2n(C)c1=O. The number of benzene rings is 2. The molecule has 0 aliphatic carbocycles. The van der Waals surface area contributed by atoms with Crippen molar-refractivity contribution in [1.29, 1.82) is 0 Å². The molecule has 9 heteroatoms. The van der Waals surface area contributed by atoms with Gasteiger partial charge in [-0.15, -0.1) is 0 Å². The van der Waals surface area contributed by atoms with Crippen molar-refractivity contribution in [2.24, 2.45) is 14.1 Å². The third-order valence-corrected chi connectivity index (χ3v) is 6.25. The second kappa shape index (κ2) is 7.45. The van der Waals surface area contributed by atoms with Crippen LogP contribution in [-0.2, 0) is 20.6 Å². The Kier molecular flexibility index (Phi) is 4.70. The minimum absolute atomic E-state index is 0.0980. The lowest BCUT2D eigenvalue weighted by Crippen LogP contribution is -2.37. The topological polar surface area (TPSA) is 94.7 Å². The molecule has 2 aromatic carbocycles. The van der Waals surface area contributed by atoms with Gasteiger partial charge in [0.15, 0.2) is 21.7 Å². The van der Waals surface area contributed by atoms with Crippen molar-refractivity contribution in [1.82, 2.24) is 23.7 Å². The number of imidazole rings is 1. The molecule has 3 aromatic heterocycles. The molecule has 0 aliphatic rings. The number of halogens is 1. The number of Topliss-reactive ketones (excluding diaryl/α,β-unsaturated/α-hetero) is 1. The molecule has 3 heterocycles. The quantitative estimate of drug-likeness (QED) is 0.308. The van der Waals surface area contributed by atoms with Gasteiger partial charge in [-0.2, -0.15) is 0 Å². The lowest BCUT2D eigenvalue weighted by atomic mass is 10.0. The number of hydrogen-bond donors (Lipinski definition) is 1. The molecule has 1 N–H and O–H groups in total. The molecule has 8 nitrogen and oxygen atoms in total. The normalized spacial score (nSPS) is 11.5. The Hall–Kier alpha value is -3.72. The number of para-hydroxylation sites is 1. The number of carbonyl (C=O) groups excluding carboxylic acids is 1. The maximum atomic E-state index is 13.7. The zero-order valence-electron chi connectivity index (χ0n) is 17.3. The van der Waals surface area contributed by atoms with E-state index in [2.05, 4.69) is 25.9 Å². The van der Waals surface area contributed by atoms with Crippen LogP contribution in [0.25, 0.3) is 33.3 Å². The Morgan fingerprint density at radius 2 is 1.69 bits per heavy atom. The molecule has 5 aromatic rings. The number of carbonyl (C=O) groups is 1. The fraction of sp³-hybridized carbons (Fsp3) is 0.130. The summed E-state index contributed by atoms with van der Waals surface area (Å²) in [6, 6.07) is 17.3. The summed E-state index contributed by atoms with van der Waals surface area (Å²) < 4.78 is 4.19. The van der Waals surface area contributed by atoms with Crippen LogP contribution >= 0.6 is 15.9 Å². The van der Waals surface area contributed by atoms with Gasteiger partial charge < -0.3 is 4.98 Å². The highest BCUT2D eigenvalue weighted by Crippen LogP contribution is 2.31. The van der Waals surface area contributed by atoms with Gasteiger partial charge in [-0.3, -0.25) is 23.3 Å². The van der Waals surface area contributed by atoms with Gasteiger partial charge in [-0.25, -0.2) is 9.78 Å². The van der Waals surface area contributed by atoms with Crippen LogP contribution in [0.4, 0.5) is 0 Å². The van der Waals surface area contributed by atoms with E-state index in [0.29, 0.717) is 15.9 Å². The lowest BCUT2D eigenvalue weighted by Gasteiger charge is -2.10. The monoisotopic (exact) mass is 491 g/mol. The number of aromatic amines is 1. The zero-order chi connectivity index (χ0) is 22.6. The Morgan fingerprint density at radius 3 is 2.44 bits per heavy atom. The van der Waals surface area contributed by atoms with Gasteiger partial charge >= 0.3 is 5.69 Å². The zero-order valence-corrected chi connectivity index (χ0v) is 18.9. The predicted octanol–water partition coefficient (Wildman–Crippen LogP) is 3.23. The van der Waals surface area contributed by atoms with Crippen LogP contribution in [0.3, 0.4) is 0 Å². The molecule has 0 amide bonds. The summed E-state index contributed by atoms with van der Waals surface area (Å²) in [6.07, 6.45) is 0. The van der Waals surface area contributed by atoms with E-state index in [0.717, 1.165) is 26.7 Å². The lowest BCUT2D eigenvalue weighted by molar-refractivity contribution is 0.0974. The Morgan fingerprint density at radius 1 is 1.00 bits per heavy atom. The molecule has 5 rings (SSSR count). The molecule has 0 spiro atoms. The molecule has 0 radical (unpaired) electrons. The highest BCUT2D eigenvalue weighted by atomic mass is 79.9. The van der Waals surface area contributed by atoms with Crippen molar-refractivity contribution in [3.05, 3.63) is 85.7 Å². The molecule has 0 bridgehead atoms. The number of aromatic nitrogens is 5. The second-order valence-corrected chi connectivity index (χ2v) is 8.26. The average molecular weight is 492 g/mol. The summed E-state index contributed by atoms with van der Waals surface area (Å²) in [5.41, 5.74) is 2.44. The number of nitrogens with zero attached hydrogens (tertiary/aromatic N) is 4. The smallest absolute Gasteiger partial charge is 0.332 e. The number of fused-ring (bicyclic) bond motifs is 2. The molecular formula is C23H18BrN5O3. The van der Waals surface area contributed by atoms with E-state index in [4.69, 9.17) is 0 Å². The number of nitrogens with one attached hydrogen (secondary N) is 1. The first-order valence-electron chi connectivity index (χ1n) is 9.89. The van der Waals surface area contributed by atoms with E-state index in [1.165, 1.54) is 11.6 Å². The standard InChI is InChI=1S/C23H18BrN5O3/c1-27-20-19(21(31)28(2)23(27)32)26-22(24)29(20)12-16(30)17-14-10-6-7-11-15(14)25-18(17)13-8-4-3-5-9-13/h3-11,25H,12H2,1-2H3. The number of hydrogen-bond acceptors (Lipinski definition) is 4. The number of H-pyrrole nitrogens is 1. The van der Waals surface area contributed by atoms with Crippen LogP contribution in [0.15, 0.2) is 68.9 Å². The van der Waals surface area contributed by atoms with Crippen LogP contribution in [-0.4, -0.2) is 29.5 Å². The average Bonchev–Trinajstić information content (AvgIpc) is 3.35. The molecule has 0 fully saturated rings. The second-order valence-electron chi connectivity index (χ2n) is 7.55. The van der Waals surface area contributed by atoms with Gasteiger partial charge in [0.05, 0.1) is 17.8 Å². The first-order valence-corrected chi connectivity index (χ1v) is 10.7. The van der Waals surface area contributed by atoms with Gasteiger partial charge in [0, 0.05) is 25.0 Å². The molecule has 32 heavy (non-hydrogen) atoms. The first kappa shape index (κ1) is 20.2. The number of ketones is 1. The predicted molar refractivity (Wildman–Crippen MR) is 126 cm³/mol. The summed E-state index contributed by atoms with van der Waals surface area (Å²) in [7, 11) is 2.96. The van der Waals surface area contributed by atoms with Gasteiger partial charge in [0.25, 0.3) is 5.56 Å².